The van der Waals surface area contributed by atoms with Gasteiger partial charge in [0, 0.05) is 17.8 Å². The summed E-state index contributed by atoms with van der Waals surface area (Å²) in [7, 11) is 1.52. The number of ether oxygens (including phenoxy) is 1. The Morgan fingerprint density at radius 2 is 2.24 bits per heavy atom. The maximum Gasteiger partial charge on any atom is 0.314 e. The standard InChI is InChI=1S/C12H16N2O3/c1-7-3-8(4-10(14-7)17-2)12(11(15)16)5-9(13)6-12/h3-4,9H,5-6,13H2,1-2H3,(H,15,16). The van der Waals surface area contributed by atoms with Crippen molar-refractivity contribution in [3.05, 3.63) is 23.4 Å². The van der Waals surface area contributed by atoms with E-state index in [2.05, 4.69) is 4.98 Å². The average Bonchev–Trinajstić information content (AvgIpc) is 2.23. The Morgan fingerprint density at radius 3 is 2.71 bits per heavy atom. The van der Waals surface area contributed by atoms with Crippen molar-refractivity contribution in [2.45, 2.75) is 31.2 Å². The number of carboxylic acid groups (broad SMARTS) is 1. The molecular formula is C12H16N2O3. The third-order valence-electron chi connectivity index (χ3n) is 3.32. The van der Waals surface area contributed by atoms with E-state index in [1.165, 1.54) is 7.11 Å². The molecule has 0 spiro atoms. The van der Waals surface area contributed by atoms with Crippen LogP contribution in [0.25, 0.3) is 0 Å². The van der Waals surface area contributed by atoms with E-state index in [9.17, 15) is 9.90 Å². The van der Waals surface area contributed by atoms with E-state index in [-0.39, 0.29) is 6.04 Å². The number of carbonyl (C=O) groups is 1. The Labute approximate surface area is 99.6 Å². The van der Waals surface area contributed by atoms with Crippen LogP contribution in [0.5, 0.6) is 5.88 Å². The molecular weight excluding hydrogens is 220 g/mol. The summed E-state index contributed by atoms with van der Waals surface area (Å²) in [6, 6.07) is 3.45. The first kappa shape index (κ1) is 11.9. The molecule has 0 radical (unpaired) electrons. The predicted molar refractivity (Wildman–Crippen MR) is 62.0 cm³/mol. The number of nitrogens with zero attached hydrogens (tertiary/aromatic N) is 1. The number of carboxylic acids is 1. The fraction of sp³-hybridized carbons (Fsp3) is 0.500. The summed E-state index contributed by atoms with van der Waals surface area (Å²) in [4.78, 5) is 15.6. The molecule has 1 saturated carbocycles. The van der Waals surface area contributed by atoms with Crippen LogP contribution in [0.1, 0.15) is 24.1 Å². The molecule has 0 bridgehead atoms. The summed E-state index contributed by atoms with van der Waals surface area (Å²) >= 11 is 0. The number of pyridine rings is 1. The Bertz CT molecular complexity index is 453. The van der Waals surface area contributed by atoms with Crippen molar-refractivity contribution in [1.29, 1.82) is 0 Å². The SMILES string of the molecule is COc1cc(C2(C(=O)O)CC(N)C2)cc(C)n1. The van der Waals surface area contributed by atoms with Crippen molar-refractivity contribution in [2.24, 2.45) is 5.73 Å². The lowest BCUT2D eigenvalue weighted by Gasteiger charge is -2.43. The summed E-state index contributed by atoms with van der Waals surface area (Å²) in [5, 5.41) is 9.39. The van der Waals surface area contributed by atoms with Gasteiger partial charge in [-0.1, -0.05) is 0 Å². The van der Waals surface area contributed by atoms with Gasteiger partial charge < -0.3 is 15.6 Å². The van der Waals surface area contributed by atoms with Gasteiger partial charge in [0.25, 0.3) is 0 Å². The van der Waals surface area contributed by atoms with Crippen LogP contribution in [0.3, 0.4) is 0 Å². The van der Waals surface area contributed by atoms with Crippen molar-refractivity contribution in [2.75, 3.05) is 7.11 Å². The van der Waals surface area contributed by atoms with Crippen LogP contribution in [0.2, 0.25) is 0 Å². The average molecular weight is 236 g/mol. The molecule has 0 aromatic carbocycles. The highest BCUT2D eigenvalue weighted by molar-refractivity contribution is 5.83. The highest BCUT2D eigenvalue weighted by Crippen LogP contribution is 2.44. The molecule has 0 amide bonds. The summed E-state index contributed by atoms with van der Waals surface area (Å²) in [5.41, 5.74) is 6.35. The molecule has 0 aliphatic heterocycles. The molecule has 5 nitrogen and oxygen atoms in total. The van der Waals surface area contributed by atoms with E-state index < -0.39 is 11.4 Å². The molecule has 2 rings (SSSR count). The monoisotopic (exact) mass is 236 g/mol. The van der Waals surface area contributed by atoms with E-state index in [1.54, 1.807) is 12.1 Å². The zero-order valence-electron chi connectivity index (χ0n) is 9.93. The van der Waals surface area contributed by atoms with Crippen molar-refractivity contribution in [3.8, 4) is 5.88 Å². The topological polar surface area (TPSA) is 85.4 Å². The van der Waals surface area contributed by atoms with Crippen LogP contribution >= 0.6 is 0 Å². The quantitative estimate of drug-likeness (QED) is 0.812. The van der Waals surface area contributed by atoms with Crippen LogP contribution in [0.15, 0.2) is 12.1 Å². The molecule has 92 valence electrons. The second-order valence-electron chi connectivity index (χ2n) is 4.60. The third-order valence-corrected chi connectivity index (χ3v) is 3.32. The van der Waals surface area contributed by atoms with E-state index in [4.69, 9.17) is 10.5 Å². The van der Waals surface area contributed by atoms with Crippen molar-refractivity contribution >= 4 is 5.97 Å². The number of methoxy groups -OCH3 is 1. The van der Waals surface area contributed by atoms with E-state index in [1.807, 2.05) is 6.92 Å². The van der Waals surface area contributed by atoms with Gasteiger partial charge in [0.1, 0.15) is 0 Å². The van der Waals surface area contributed by atoms with Crippen LogP contribution in [0.4, 0.5) is 0 Å². The number of aryl methyl sites for hydroxylation is 1. The van der Waals surface area contributed by atoms with Gasteiger partial charge in [-0.2, -0.15) is 0 Å². The largest absolute Gasteiger partial charge is 0.481 e. The van der Waals surface area contributed by atoms with Crippen molar-refractivity contribution in [3.63, 3.8) is 0 Å². The van der Waals surface area contributed by atoms with Gasteiger partial charge in [0.2, 0.25) is 5.88 Å². The van der Waals surface area contributed by atoms with Crippen molar-refractivity contribution < 1.29 is 14.6 Å². The number of aliphatic carboxylic acids is 1. The Kier molecular flexibility index (Phi) is 2.79. The second kappa shape index (κ2) is 4.00. The molecule has 1 aliphatic rings. The van der Waals surface area contributed by atoms with Crippen LogP contribution < -0.4 is 10.5 Å². The first-order valence-electron chi connectivity index (χ1n) is 5.50. The molecule has 0 unspecified atom stereocenters. The number of nitrogens with two attached hydrogens (primary N) is 1. The van der Waals surface area contributed by atoms with Gasteiger partial charge >= 0.3 is 5.97 Å². The minimum absolute atomic E-state index is 0.0365. The molecule has 5 heteroatoms. The van der Waals surface area contributed by atoms with Gasteiger partial charge in [-0.25, -0.2) is 4.98 Å². The van der Waals surface area contributed by atoms with Crippen LogP contribution in [-0.2, 0) is 10.2 Å². The van der Waals surface area contributed by atoms with E-state index in [0.29, 0.717) is 18.7 Å². The minimum Gasteiger partial charge on any atom is -0.481 e. The lowest BCUT2D eigenvalue weighted by atomic mass is 9.62. The van der Waals surface area contributed by atoms with Crippen LogP contribution in [-0.4, -0.2) is 29.2 Å². The first-order chi connectivity index (χ1) is 7.98. The highest BCUT2D eigenvalue weighted by atomic mass is 16.5. The lowest BCUT2D eigenvalue weighted by molar-refractivity contribution is -0.148. The zero-order valence-corrected chi connectivity index (χ0v) is 9.93. The number of rotatable bonds is 3. The summed E-state index contributed by atoms with van der Waals surface area (Å²) in [6.07, 6.45) is 0.934. The molecule has 1 aromatic rings. The fourth-order valence-electron chi connectivity index (χ4n) is 2.39. The number of hydrogen-bond acceptors (Lipinski definition) is 4. The molecule has 1 aromatic heterocycles. The smallest absolute Gasteiger partial charge is 0.314 e. The van der Waals surface area contributed by atoms with Gasteiger partial charge in [0.15, 0.2) is 0 Å². The van der Waals surface area contributed by atoms with E-state index >= 15 is 0 Å². The Balaban J connectivity index is 2.44. The fourth-order valence-corrected chi connectivity index (χ4v) is 2.39. The normalized spacial score (nSPS) is 27.4. The zero-order chi connectivity index (χ0) is 12.6. The Morgan fingerprint density at radius 1 is 1.59 bits per heavy atom. The van der Waals surface area contributed by atoms with Gasteiger partial charge in [-0.3, -0.25) is 4.79 Å². The first-order valence-corrected chi connectivity index (χ1v) is 5.50. The lowest BCUT2D eigenvalue weighted by Crippen LogP contribution is -2.54. The van der Waals surface area contributed by atoms with E-state index in [0.717, 1.165) is 11.3 Å². The van der Waals surface area contributed by atoms with Gasteiger partial charge in [-0.05, 0) is 31.4 Å². The molecule has 0 saturated heterocycles. The molecule has 1 heterocycles. The third kappa shape index (κ3) is 1.86. The second-order valence-corrected chi connectivity index (χ2v) is 4.60. The minimum atomic E-state index is -0.861. The molecule has 1 aliphatic carbocycles. The van der Waals surface area contributed by atoms with Gasteiger partial charge in [0.05, 0.1) is 12.5 Å². The highest BCUT2D eigenvalue weighted by Gasteiger charge is 2.50. The predicted octanol–water partition coefficient (Wildman–Crippen LogP) is 0.842. The maximum absolute atomic E-state index is 11.4. The maximum atomic E-state index is 11.4. The van der Waals surface area contributed by atoms with Crippen LogP contribution in [0, 0.1) is 6.92 Å². The molecule has 0 atom stereocenters. The molecule has 17 heavy (non-hydrogen) atoms. The van der Waals surface area contributed by atoms with Crippen molar-refractivity contribution in [1.82, 2.24) is 4.98 Å². The summed E-state index contributed by atoms with van der Waals surface area (Å²) in [6.45, 7) is 1.82. The number of aromatic nitrogens is 1. The molecule has 3 N–H and O–H groups in total. The summed E-state index contributed by atoms with van der Waals surface area (Å²) in [5.74, 6) is -0.382. The summed E-state index contributed by atoms with van der Waals surface area (Å²) < 4.78 is 5.07. The molecule has 1 fully saturated rings. The Hall–Kier alpha value is -1.62. The number of hydrogen-bond donors (Lipinski definition) is 2. The van der Waals surface area contributed by atoms with Gasteiger partial charge in [-0.15, -0.1) is 0 Å².